The number of ether oxygens (including phenoxy) is 4. The van der Waals surface area contributed by atoms with Gasteiger partial charge in [0.05, 0.1) is 11.5 Å². The van der Waals surface area contributed by atoms with E-state index in [0.29, 0.717) is 5.57 Å². The normalized spacial score (nSPS) is 41.0. The molecule has 3 heterocycles. The van der Waals surface area contributed by atoms with Crippen LogP contribution in [0.25, 0.3) is 0 Å². The fraction of sp³-hybridized carbons (Fsp3) is 0.562. The molecule has 0 saturated carbocycles. The van der Waals surface area contributed by atoms with Crippen LogP contribution in [0.3, 0.4) is 0 Å². The molecule has 0 aliphatic carbocycles. The number of fused-ring (bicyclic) bond motifs is 1. The number of aliphatic hydroxyl groups excluding tert-OH is 3. The van der Waals surface area contributed by atoms with Crippen molar-refractivity contribution >= 4 is 5.97 Å². The zero-order valence-electron chi connectivity index (χ0n) is 13.2. The van der Waals surface area contributed by atoms with Crippen molar-refractivity contribution in [2.24, 2.45) is 5.92 Å². The highest BCUT2D eigenvalue weighted by molar-refractivity contribution is 5.94. The van der Waals surface area contributed by atoms with E-state index in [4.69, 9.17) is 18.9 Å². The standard InChI is InChI=1S/C16H19FO8/c1-2-7-8-3-4-22-14(21)9(8)6-23-15(7)25-16-13(20)12(19)11(18)10(5-17)24-16/h2-3,6-7,10-13,15-16,18-20H,1,4-5H2/t7-,10-,11-,12+,13-,15+,16+/m1/s1. The largest absolute Gasteiger partial charge is 0.471 e. The van der Waals surface area contributed by atoms with E-state index in [0.717, 1.165) is 0 Å². The first-order chi connectivity index (χ1) is 12.0. The van der Waals surface area contributed by atoms with Crippen LogP contribution in [0.4, 0.5) is 4.39 Å². The number of hydrogen-bond donors (Lipinski definition) is 3. The summed E-state index contributed by atoms with van der Waals surface area (Å²) in [5.41, 5.74) is 0.827. The maximum absolute atomic E-state index is 12.9. The molecule has 0 amide bonds. The number of halogens is 1. The third-order valence-corrected chi connectivity index (χ3v) is 4.36. The van der Waals surface area contributed by atoms with Crippen LogP contribution in [0, 0.1) is 5.92 Å². The molecular weight excluding hydrogens is 339 g/mol. The van der Waals surface area contributed by atoms with Crippen LogP contribution in [0.15, 0.2) is 36.1 Å². The Morgan fingerprint density at radius 1 is 1.28 bits per heavy atom. The molecule has 0 aromatic heterocycles. The van der Waals surface area contributed by atoms with Crippen LogP contribution in [0.5, 0.6) is 0 Å². The molecule has 0 aromatic rings. The van der Waals surface area contributed by atoms with E-state index in [-0.39, 0.29) is 12.2 Å². The highest BCUT2D eigenvalue weighted by Gasteiger charge is 2.47. The first kappa shape index (κ1) is 18.0. The summed E-state index contributed by atoms with van der Waals surface area (Å²) in [6.45, 7) is 2.72. The second-order valence-corrected chi connectivity index (χ2v) is 5.86. The molecule has 0 bridgehead atoms. The van der Waals surface area contributed by atoms with Gasteiger partial charge >= 0.3 is 5.97 Å². The first-order valence-corrected chi connectivity index (χ1v) is 7.74. The average molecular weight is 358 g/mol. The second-order valence-electron chi connectivity index (χ2n) is 5.86. The van der Waals surface area contributed by atoms with Crippen molar-refractivity contribution in [1.29, 1.82) is 0 Å². The molecule has 1 saturated heterocycles. The van der Waals surface area contributed by atoms with Gasteiger partial charge in [0.15, 0.2) is 6.29 Å². The van der Waals surface area contributed by atoms with Crippen LogP contribution < -0.4 is 0 Å². The second kappa shape index (κ2) is 7.22. The van der Waals surface area contributed by atoms with Crippen LogP contribution in [-0.4, -0.2) is 71.6 Å². The molecule has 0 aromatic carbocycles. The average Bonchev–Trinajstić information content (AvgIpc) is 2.62. The Morgan fingerprint density at radius 2 is 2.04 bits per heavy atom. The van der Waals surface area contributed by atoms with Gasteiger partial charge in [-0.3, -0.25) is 0 Å². The van der Waals surface area contributed by atoms with Crippen molar-refractivity contribution < 1.29 is 43.5 Å². The van der Waals surface area contributed by atoms with Gasteiger partial charge < -0.3 is 34.3 Å². The van der Waals surface area contributed by atoms with E-state index < -0.39 is 55.6 Å². The lowest BCUT2D eigenvalue weighted by Gasteiger charge is -2.42. The molecule has 1 fully saturated rings. The number of carbonyl (C=O) groups is 1. The summed E-state index contributed by atoms with van der Waals surface area (Å²) in [7, 11) is 0. The third-order valence-electron chi connectivity index (χ3n) is 4.36. The number of rotatable bonds is 4. The number of aliphatic hydroxyl groups is 3. The smallest absolute Gasteiger partial charge is 0.341 e. The lowest BCUT2D eigenvalue weighted by Crippen LogP contribution is -2.59. The zero-order chi connectivity index (χ0) is 18.1. The molecule has 7 atom stereocenters. The minimum atomic E-state index is -1.64. The Labute approximate surface area is 142 Å². The highest BCUT2D eigenvalue weighted by Crippen LogP contribution is 2.35. The van der Waals surface area contributed by atoms with E-state index >= 15 is 0 Å². The fourth-order valence-electron chi connectivity index (χ4n) is 2.95. The number of esters is 1. The number of carbonyl (C=O) groups excluding carboxylic acids is 1. The van der Waals surface area contributed by atoms with Gasteiger partial charge in [0.25, 0.3) is 0 Å². The van der Waals surface area contributed by atoms with Crippen LogP contribution >= 0.6 is 0 Å². The highest BCUT2D eigenvalue weighted by atomic mass is 19.1. The SMILES string of the molecule is C=C[C@@H]1C2=CCOC(=O)C2=CO[C@H]1O[C@@H]1O[C@H](CF)[C@@H](O)[C@H](O)[C@H]1O. The minimum absolute atomic E-state index is 0.0972. The Bertz CT molecular complexity index is 601. The fourth-order valence-corrected chi connectivity index (χ4v) is 2.95. The van der Waals surface area contributed by atoms with Crippen LogP contribution in [0.1, 0.15) is 0 Å². The summed E-state index contributed by atoms with van der Waals surface area (Å²) in [6.07, 6.45) is -4.28. The Hall–Kier alpha value is -1.78. The van der Waals surface area contributed by atoms with E-state index in [2.05, 4.69) is 6.58 Å². The molecule has 138 valence electrons. The van der Waals surface area contributed by atoms with Crippen molar-refractivity contribution in [1.82, 2.24) is 0 Å². The number of hydrogen-bond acceptors (Lipinski definition) is 8. The predicted molar refractivity (Wildman–Crippen MR) is 79.4 cm³/mol. The number of cyclic esters (lactones) is 1. The predicted octanol–water partition coefficient (Wildman–Crippen LogP) is -0.694. The third kappa shape index (κ3) is 3.21. The first-order valence-electron chi connectivity index (χ1n) is 7.74. The summed E-state index contributed by atoms with van der Waals surface area (Å²) in [5, 5.41) is 29.5. The van der Waals surface area contributed by atoms with E-state index in [1.54, 1.807) is 6.08 Å². The lowest BCUT2D eigenvalue weighted by atomic mass is 9.89. The maximum Gasteiger partial charge on any atom is 0.341 e. The van der Waals surface area contributed by atoms with Gasteiger partial charge in [-0.25, -0.2) is 9.18 Å². The topological polar surface area (TPSA) is 115 Å². The van der Waals surface area contributed by atoms with Gasteiger partial charge in [-0.15, -0.1) is 6.58 Å². The van der Waals surface area contributed by atoms with Crippen molar-refractivity contribution in [2.75, 3.05) is 13.3 Å². The molecule has 9 heteroatoms. The lowest BCUT2D eigenvalue weighted by molar-refractivity contribution is -0.334. The van der Waals surface area contributed by atoms with Gasteiger partial charge in [0, 0.05) is 0 Å². The zero-order valence-corrected chi connectivity index (χ0v) is 13.2. The van der Waals surface area contributed by atoms with E-state index in [9.17, 15) is 24.5 Å². The minimum Gasteiger partial charge on any atom is -0.471 e. The van der Waals surface area contributed by atoms with Crippen molar-refractivity contribution in [3.8, 4) is 0 Å². The van der Waals surface area contributed by atoms with Crippen molar-refractivity contribution in [3.05, 3.63) is 36.1 Å². The van der Waals surface area contributed by atoms with E-state index in [1.165, 1.54) is 12.3 Å². The molecule has 0 unspecified atom stereocenters. The summed E-state index contributed by atoms with van der Waals surface area (Å²) >= 11 is 0. The molecule has 25 heavy (non-hydrogen) atoms. The maximum atomic E-state index is 12.9. The summed E-state index contributed by atoms with van der Waals surface area (Å²) in [5.74, 6) is -1.11. The molecule has 3 rings (SSSR count). The molecule has 3 aliphatic heterocycles. The van der Waals surface area contributed by atoms with Crippen LogP contribution in [0.2, 0.25) is 0 Å². The number of alkyl halides is 1. The Kier molecular flexibility index (Phi) is 5.21. The molecule has 3 N–H and O–H groups in total. The molecule has 0 spiro atoms. The molecule has 0 radical (unpaired) electrons. The van der Waals surface area contributed by atoms with E-state index in [1.807, 2.05) is 0 Å². The van der Waals surface area contributed by atoms with Gasteiger partial charge in [0.1, 0.15) is 44.0 Å². The summed E-state index contributed by atoms with van der Waals surface area (Å²) in [4.78, 5) is 11.7. The van der Waals surface area contributed by atoms with Gasteiger partial charge in [-0.1, -0.05) is 6.08 Å². The summed E-state index contributed by atoms with van der Waals surface area (Å²) in [6, 6.07) is 0. The summed E-state index contributed by atoms with van der Waals surface area (Å²) < 4.78 is 33.9. The Balaban J connectivity index is 1.78. The molecular formula is C16H19FO8. The van der Waals surface area contributed by atoms with Gasteiger partial charge in [-0.2, -0.15) is 0 Å². The van der Waals surface area contributed by atoms with Gasteiger partial charge in [0.2, 0.25) is 6.29 Å². The molecule has 3 aliphatic rings. The molecule has 8 nitrogen and oxygen atoms in total. The Morgan fingerprint density at radius 3 is 2.72 bits per heavy atom. The van der Waals surface area contributed by atoms with Gasteiger partial charge in [-0.05, 0) is 11.6 Å². The van der Waals surface area contributed by atoms with Crippen LogP contribution in [-0.2, 0) is 23.7 Å². The van der Waals surface area contributed by atoms with Crippen molar-refractivity contribution in [3.63, 3.8) is 0 Å². The quantitative estimate of drug-likeness (QED) is 0.447. The monoisotopic (exact) mass is 358 g/mol. The van der Waals surface area contributed by atoms with Crippen molar-refractivity contribution in [2.45, 2.75) is 37.0 Å².